The first-order valence-corrected chi connectivity index (χ1v) is 6.65. The average Bonchev–Trinajstić information content (AvgIpc) is 2.92. The fraction of sp³-hybridized carbons (Fsp3) is 0.417. The van der Waals surface area contributed by atoms with Crippen LogP contribution in [0.1, 0.15) is 33.1 Å². The van der Waals surface area contributed by atoms with Gasteiger partial charge in [-0.05, 0) is 20.8 Å². The maximum Gasteiger partial charge on any atom is 0.263 e. The second-order valence-corrected chi connectivity index (χ2v) is 5.16. The van der Waals surface area contributed by atoms with Crippen molar-refractivity contribution in [1.29, 1.82) is 0 Å². The molecule has 18 heavy (non-hydrogen) atoms. The van der Waals surface area contributed by atoms with E-state index in [1.54, 1.807) is 6.20 Å². The molecular formula is C12H16N4OS. The molecule has 1 N–H and O–H groups in total. The zero-order valence-corrected chi connectivity index (χ0v) is 11.5. The highest BCUT2D eigenvalue weighted by Crippen LogP contribution is 2.16. The van der Waals surface area contributed by atoms with Crippen LogP contribution in [0.4, 0.5) is 0 Å². The van der Waals surface area contributed by atoms with Gasteiger partial charge in [0.05, 0.1) is 17.2 Å². The van der Waals surface area contributed by atoms with Gasteiger partial charge in [-0.3, -0.25) is 4.79 Å². The van der Waals surface area contributed by atoms with E-state index in [4.69, 9.17) is 0 Å². The molecule has 5 nitrogen and oxygen atoms in total. The largest absolute Gasteiger partial charge is 0.344 e. The zero-order chi connectivity index (χ0) is 13.1. The highest BCUT2D eigenvalue weighted by molar-refractivity contribution is 7.13. The summed E-state index contributed by atoms with van der Waals surface area (Å²) in [4.78, 5) is 21.1. The lowest BCUT2D eigenvalue weighted by atomic mass is 10.3. The minimum Gasteiger partial charge on any atom is -0.344 e. The molecule has 0 unspecified atom stereocenters. The number of nitrogens with zero attached hydrogens (tertiary/aromatic N) is 3. The van der Waals surface area contributed by atoms with Crippen molar-refractivity contribution in [2.75, 3.05) is 0 Å². The van der Waals surface area contributed by atoms with Crippen molar-refractivity contribution in [1.82, 2.24) is 19.9 Å². The number of hydrogen-bond donors (Lipinski definition) is 1. The van der Waals surface area contributed by atoms with Gasteiger partial charge in [-0.15, -0.1) is 11.3 Å². The van der Waals surface area contributed by atoms with E-state index in [2.05, 4.69) is 15.3 Å². The SMILES string of the molecule is CCn1ccnc1CNC(=O)c1sc(C)nc1C. The molecule has 0 aliphatic heterocycles. The first kappa shape index (κ1) is 12.8. The van der Waals surface area contributed by atoms with Crippen molar-refractivity contribution < 1.29 is 4.79 Å². The molecule has 2 aromatic heterocycles. The summed E-state index contributed by atoms with van der Waals surface area (Å²) in [5.41, 5.74) is 0.786. The van der Waals surface area contributed by atoms with Crippen molar-refractivity contribution in [3.05, 3.63) is 33.8 Å². The number of thiazole rings is 1. The first-order valence-electron chi connectivity index (χ1n) is 5.84. The third-order valence-corrected chi connectivity index (χ3v) is 3.73. The van der Waals surface area contributed by atoms with Gasteiger partial charge in [0.15, 0.2) is 0 Å². The Morgan fingerprint density at radius 2 is 2.28 bits per heavy atom. The van der Waals surface area contributed by atoms with Crippen LogP contribution < -0.4 is 5.32 Å². The molecular weight excluding hydrogens is 248 g/mol. The van der Waals surface area contributed by atoms with Crippen LogP contribution in [-0.4, -0.2) is 20.4 Å². The molecule has 0 aromatic carbocycles. The maximum absolute atomic E-state index is 12.0. The average molecular weight is 264 g/mol. The van der Waals surface area contributed by atoms with Gasteiger partial charge in [-0.25, -0.2) is 9.97 Å². The summed E-state index contributed by atoms with van der Waals surface area (Å²) in [5.74, 6) is 0.786. The molecule has 0 saturated heterocycles. The Morgan fingerprint density at radius 1 is 1.50 bits per heavy atom. The predicted octanol–water partition coefficient (Wildman–Crippen LogP) is 1.91. The van der Waals surface area contributed by atoms with Gasteiger partial charge >= 0.3 is 0 Å². The van der Waals surface area contributed by atoms with Crippen LogP contribution in [0.3, 0.4) is 0 Å². The Bertz CT molecular complexity index is 558. The number of amides is 1. The van der Waals surface area contributed by atoms with E-state index in [-0.39, 0.29) is 5.91 Å². The highest BCUT2D eigenvalue weighted by atomic mass is 32.1. The first-order chi connectivity index (χ1) is 8.61. The number of aryl methyl sites for hydroxylation is 3. The lowest BCUT2D eigenvalue weighted by Crippen LogP contribution is -2.24. The van der Waals surface area contributed by atoms with Crippen LogP contribution in [-0.2, 0) is 13.1 Å². The van der Waals surface area contributed by atoms with Crippen LogP contribution >= 0.6 is 11.3 Å². The second-order valence-electron chi connectivity index (χ2n) is 3.96. The van der Waals surface area contributed by atoms with E-state index >= 15 is 0 Å². The summed E-state index contributed by atoms with van der Waals surface area (Å²) in [6.07, 6.45) is 3.65. The molecule has 0 fully saturated rings. The fourth-order valence-electron chi connectivity index (χ4n) is 1.78. The minimum atomic E-state index is -0.0799. The summed E-state index contributed by atoms with van der Waals surface area (Å²) in [7, 11) is 0. The normalized spacial score (nSPS) is 10.6. The van der Waals surface area contributed by atoms with Gasteiger partial charge in [0, 0.05) is 18.9 Å². The van der Waals surface area contributed by atoms with Gasteiger partial charge in [0.25, 0.3) is 5.91 Å². The number of rotatable bonds is 4. The quantitative estimate of drug-likeness (QED) is 0.917. The summed E-state index contributed by atoms with van der Waals surface area (Å²) >= 11 is 1.42. The molecule has 0 radical (unpaired) electrons. The molecule has 0 aliphatic rings. The summed E-state index contributed by atoms with van der Waals surface area (Å²) < 4.78 is 2.01. The topological polar surface area (TPSA) is 59.8 Å². The second kappa shape index (κ2) is 5.30. The third-order valence-electron chi connectivity index (χ3n) is 2.66. The van der Waals surface area contributed by atoms with Crippen LogP contribution in [0.25, 0.3) is 0 Å². The lowest BCUT2D eigenvalue weighted by molar-refractivity contribution is 0.0952. The molecule has 6 heteroatoms. The van der Waals surface area contributed by atoms with E-state index in [0.29, 0.717) is 11.4 Å². The molecule has 2 aromatic rings. The number of hydrogen-bond acceptors (Lipinski definition) is 4. The molecule has 2 rings (SSSR count). The number of carbonyl (C=O) groups excluding carboxylic acids is 1. The van der Waals surface area contributed by atoms with Gasteiger partial charge < -0.3 is 9.88 Å². The number of imidazole rings is 1. The van der Waals surface area contributed by atoms with Crippen LogP contribution in [0.5, 0.6) is 0 Å². The van der Waals surface area contributed by atoms with Crippen LogP contribution in [0.2, 0.25) is 0 Å². The van der Waals surface area contributed by atoms with Crippen molar-refractivity contribution in [3.8, 4) is 0 Å². The van der Waals surface area contributed by atoms with Crippen molar-refractivity contribution in [2.24, 2.45) is 0 Å². The van der Waals surface area contributed by atoms with Crippen molar-refractivity contribution in [3.63, 3.8) is 0 Å². The summed E-state index contributed by atoms with van der Waals surface area (Å²) in [6, 6.07) is 0. The molecule has 0 spiro atoms. The molecule has 0 saturated carbocycles. The van der Waals surface area contributed by atoms with Crippen LogP contribution in [0, 0.1) is 13.8 Å². The highest BCUT2D eigenvalue weighted by Gasteiger charge is 2.14. The molecule has 1 amide bonds. The number of carbonyl (C=O) groups is 1. The molecule has 0 aliphatic carbocycles. The Morgan fingerprint density at radius 3 is 2.89 bits per heavy atom. The number of aromatic nitrogens is 3. The fourth-order valence-corrected chi connectivity index (χ4v) is 2.61. The van der Waals surface area contributed by atoms with Gasteiger partial charge in [-0.1, -0.05) is 0 Å². The molecule has 96 valence electrons. The van der Waals surface area contributed by atoms with Crippen LogP contribution in [0.15, 0.2) is 12.4 Å². The smallest absolute Gasteiger partial charge is 0.263 e. The van der Waals surface area contributed by atoms with E-state index in [9.17, 15) is 4.79 Å². The van der Waals surface area contributed by atoms with E-state index in [0.717, 1.165) is 23.1 Å². The standard InChI is InChI=1S/C12H16N4OS/c1-4-16-6-5-13-10(16)7-14-12(17)11-8(2)15-9(3)18-11/h5-6H,4,7H2,1-3H3,(H,14,17). The Hall–Kier alpha value is -1.69. The van der Waals surface area contributed by atoms with E-state index < -0.39 is 0 Å². The van der Waals surface area contributed by atoms with E-state index in [1.165, 1.54) is 11.3 Å². The Labute approximate surface area is 110 Å². The summed E-state index contributed by atoms with van der Waals surface area (Å²) in [5, 5.41) is 3.79. The number of nitrogens with one attached hydrogen (secondary N) is 1. The molecule has 0 bridgehead atoms. The predicted molar refractivity (Wildman–Crippen MR) is 70.7 cm³/mol. The third kappa shape index (κ3) is 2.59. The monoisotopic (exact) mass is 264 g/mol. The Balaban J connectivity index is 2.03. The van der Waals surface area contributed by atoms with Crippen molar-refractivity contribution in [2.45, 2.75) is 33.9 Å². The Kier molecular flexibility index (Phi) is 3.76. The van der Waals surface area contributed by atoms with E-state index in [1.807, 2.05) is 31.5 Å². The zero-order valence-electron chi connectivity index (χ0n) is 10.7. The van der Waals surface area contributed by atoms with Gasteiger partial charge in [0.2, 0.25) is 0 Å². The minimum absolute atomic E-state index is 0.0799. The summed E-state index contributed by atoms with van der Waals surface area (Å²) in [6.45, 7) is 7.09. The van der Waals surface area contributed by atoms with Crippen molar-refractivity contribution >= 4 is 17.2 Å². The lowest BCUT2D eigenvalue weighted by Gasteiger charge is -2.06. The van der Waals surface area contributed by atoms with Gasteiger partial charge in [0.1, 0.15) is 10.7 Å². The molecule has 2 heterocycles. The maximum atomic E-state index is 12.0. The van der Waals surface area contributed by atoms with Gasteiger partial charge in [-0.2, -0.15) is 0 Å². The molecule has 0 atom stereocenters.